The van der Waals surface area contributed by atoms with E-state index in [-0.39, 0.29) is 37.9 Å². The van der Waals surface area contributed by atoms with Crippen LogP contribution in [0.2, 0.25) is 0 Å². The Hall–Kier alpha value is -4.99. The van der Waals surface area contributed by atoms with Gasteiger partial charge in [0.2, 0.25) is 5.95 Å². The van der Waals surface area contributed by atoms with Gasteiger partial charge in [-0.05, 0) is 36.9 Å². The predicted octanol–water partition coefficient (Wildman–Crippen LogP) is 2.34. The average molecular weight is 701 g/mol. The summed E-state index contributed by atoms with van der Waals surface area (Å²) in [6.45, 7) is 3.32. The first-order chi connectivity index (χ1) is 24.4. The van der Waals surface area contributed by atoms with Crippen LogP contribution in [0.1, 0.15) is 49.8 Å². The zero-order valence-corrected chi connectivity index (χ0v) is 27.9. The maximum atomic E-state index is 12.7. The summed E-state index contributed by atoms with van der Waals surface area (Å²) in [6, 6.07) is 19.0. The van der Waals surface area contributed by atoms with Crippen LogP contribution in [0.5, 0.6) is 0 Å². The second-order valence-corrected chi connectivity index (χ2v) is 13.2. The minimum absolute atomic E-state index is 0. The topological polar surface area (TPSA) is 191 Å². The van der Waals surface area contributed by atoms with Crippen molar-refractivity contribution in [3.8, 4) is 0 Å². The highest BCUT2D eigenvalue weighted by Crippen LogP contribution is 2.35. The van der Waals surface area contributed by atoms with E-state index in [1.165, 1.54) is 7.11 Å². The number of hydrogen-bond donors (Lipinski definition) is 7. The summed E-state index contributed by atoms with van der Waals surface area (Å²) in [6.07, 6.45) is 0.351. The third kappa shape index (κ3) is 7.85. The van der Waals surface area contributed by atoms with Crippen LogP contribution >= 0.6 is 0 Å². The number of nitrogens with zero attached hydrogens (tertiary/aromatic N) is 5. The summed E-state index contributed by atoms with van der Waals surface area (Å²) in [5, 5.41) is 37.6. The number of alkyl carbamates (subject to hydrolysis) is 1. The van der Waals surface area contributed by atoms with E-state index in [1.54, 1.807) is 10.9 Å². The number of benzene rings is 2. The van der Waals surface area contributed by atoms with Crippen molar-refractivity contribution in [2.45, 2.75) is 69.0 Å². The van der Waals surface area contributed by atoms with Crippen LogP contribution in [0.4, 0.5) is 21.4 Å². The molecular weight excluding hydrogens is 652 g/mol. The van der Waals surface area contributed by atoms with Crippen LogP contribution < -0.4 is 31.5 Å². The number of carbonyl (C=O) groups excluding carboxylic acids is 2. The van der Waals surface area contributed by atoms with Crippen molar-refractivity contribution in [1.82, 2.24) is 40.8 Å². The molecule has 1 aliphatic carbocycles. The number of rotatable bonds is 10. The number of nitrogens with one attached hydrogen (secondary N) is 5. The molecule has 1 saturated carbocycles. The van der Waals surface area contributed by atoms with Gasteiger partial charge in [-0.25, -0.2) is 14.6 Å². The van der Waals surface area contributed by atoms with E-state index in [0.717, 1.165) is 37.1 Å². The highest BCUT2D eigenvalue weighted by atomic mass is 16.5. The Kier molecular flexibility index (Phi) is 11.2. The first-order valence-corrected chi connectivity index (χ1v) is 17.2. The molecule has 0 radical (unpaired) electrons. The number of urea groups is 1. The summed E-state index contributed by atoms with van der Waals surface area (Å²) in [7, 11) is 1.25. The number of hydrogen-bond acceptors (Lipinski definition) is 11. The van der Waals surface area contributed by atoms with E-state index >= 15 is 0 Å². The molecule has 7 rings (SSSR count). The van der Waals surface area contributed by atoms with E-state index in [0.29, 0.717) is 42.6 Å². The Bertz CT molecular complexity index is 1730. The van der Waals surface area contributed by atoms with Gasteiger partial charge in [-0.2, -0.15) is 9.97 Å². The molecule has 272 valence electrons. The minimum atomic E-state index is -1.22. The van der Waals surface area contributed by atoms with Gasteiger partial charge in [0, 0.05) is 44.2 Å². The quantitative estimate of drug-likeness (QED) is 0.129. The number of aromatic nitrogens is 4. The molecule has 0 bridgehead atoms. The highest BCUT2D eigenvalue weighted by Gasteiger charge is 2.44. The van der Waals surface area contributed by atoms with Gasteiger partial charge in [-0.15, -0.1) is 0 Å². The molecule has 4 aromatic rings. The van der Waals surface area contributed by atoms with Crippen molar-refractivity contribution < 1.29 is 24.5 Å². The minimum Gasteiger partial charge on any atom is -0.453 e. The van der Waals surface area contributed by atoms with Gasteiger partial charge in [-0.1, -0.05) is 68.1 Å². The molecule has 7 N–H and O–H groups in total. The average Bonchev–Trinajstić information content (AvgIpc) is 3.95. The van der Waals surface area contributed by atoms with Crippen molar-refractivity contribution in [3.05, 3.63) is 78.1 Å². The fourth-order valence-electron chi connectivity index (χ4n) is 7.30. The summed E-state index contributed by atoms with van der Waals surface area (Å²) in [4.78, 5) is 41.4. The molecule has 2 aromatic heterocycles. The van der Waals surface area contributed by atoms with Crippen LogP contribution in [-0.2, 0) is 4.74 Å². The number of amides is 3. The molecule has 4 heterocycles. The Morgan fingerprint density at radius 3 is 2.33 bits per heavy atom. The zero-order valence-electron chi connectivity index (χ0n) is 27.9. The van der Waals surface area contributed by atoms with Crippen LogP contribution in [0.3, 0.4) is 0 Å². The zero-order chi connectivity index (χ0) is 34.6. The summed E-state index contributed by atoms with van der Waals surface area (Å²) in [5.41, 5.74) is 3.29. The van der Waals surface area contributed by atoms with Crippen LogP contribution in [0.15, 0.2) is 67.0 Å². The summed E-state index contributed by atoms with van der Waals surface area (Å²) in [5.74, 6) is 0.999. The van der Waals surface area contributed by atoms with Crippen molar-refractivity contribution in [2.24, 2.45) is 0 Å². The first kappa shape index (κ1) is 35.8. The number of carbonyl (C=O) groups is 2. The number of imidazole rings is 1. The molecule has 15 nitrogen and oxygen atoms in total. The van der Waals surface area contributed by atoms with E-state index in [4.69, 9.17) is 19.7 Å². The molecule has 0 spiro atoms. The van der Waals surface area contributed by atoms with Crippen LogP contribution in [0.25, 0.3) is 11.2 Å². The predicted molar refractivity (Wildman–Crippen MR) is 194 cm³/mol. The Labute approximate surface area is 297 Å². The van der Waals surface area contributed by atoms with E-state index in [9.17, 15) is 19.8 Å². The smallest absolute Gasteiger partial charge is 0.407 e. The molecule has 3 fully saturated rings. The molecule has 3 amide bonds. The van der Waals surface area contributed by atoms with Crippen molar-refractivity contribution >= 4 is 35.1 Å². The lowest BCUT2D eigenvalue weighted by molar-refractivity contribution is 0.0142. The van der Waals surface area contributed by atoms with Gasteiger partial charge in [0.15, 0.2) is 17.0 Å². The van der Waals surface area contributed by atoms with Gasteiger partial charge in [0.25, 0.3) is 0 Å². The number of aliphatic hydroxyl groups excluding tert-OH is 2. The normalized spacial score (nSPS) is 24.4. The monoisotopic (exact) mass is 700 g/mol. The molecular formula is C36H48N10O5. The fourth-order valence-corrected chi connectivity index (χ4v) is 7.30. The van der Waals surface area contributed by atoms with Gasteiger partial charge in [0.1, 0.15) is 12.2 Å². The number of ether oxygens (including phenoxy) is 1. The number of aliphatic hydroxyl groups is 2. The Balaban J connectivity index is 0.00000448. The van der Waals surface area contributed by atoms with Gasteiger partial charge in [0.05, 0.1) is 25.5 Å². The van der Waals surface area contributed by atoms with Gasteiger partial charge < -0.3 is 51.0 Å². The Morgan fingerprint density at radius 2 is 1.67 bits per heavy atom. The molecule has 15 heteroatoms. The first-order valence-electron chi connectivity index (χ1n) is 17.2. The maximum absolute atomic E-state index is 12.7. The Morgan fingerprint density at radius 1 is 0.961 bits per heavy atom. The maximum Gasteiger partial charge on any atom is 0.407 e. The third-order valence-corrected chi connectivity index (χ3v) is 9.99. The van der Waals surface area contributed by atoms with Crippen molar-refractivity contribution in [1.29, 1.82) is 0 Å². The molecule has 3 aliphatic rings. The second-order valence-electron chi connectivity index (χ2n) is 13.2. The highest BCUT2D eigenvalue weighted by molar-refractivity contribution is 5.85. The standard InChI is InChI=1S/C35H44N10O5.CH4/c1-50-35(49)41-26-16-27(30(47)29(26)46)45-20-38-28-31(37-18-25(21-8-4-2-5-9-21)22-10-6-3-7-11-22)42-33(43-32(28)45)44-15-13-24(19-44)40-34(48)39-23-12-14-36-17-23;/h2-11,20,23-27,29-30,36,46-47H,12-19H2,1H3,(H,41,49)(H,37,42,43)(H2,39,40,48);1H4/t23-,24+,26+,27-,29+,30-;/m0./s1. The summed E-state index contributed by atoms with van der Waals surface area (Å²) >= 11 is 0. The molecule has 6 atom stereocenters. The number of fused-ring (bicyclic) bond motifs is 1. The fraction of sp³-hybridized carbons (Fsp3) is 0.472. The summed E-state index contributed by atoms with van der Waals surface area (Å²) < 4.78 is 6.48. The van der Waals surface area contributed by atoms with E-state index in [1.807, 2.05) is 41.3 Å². The lowest BCUT2D eigenvalue weighted by Gasteiger charge is -2.22. The van der Waals surface area contributed by atoms with Gasteiger partial charge in [-0.3, -0.25) is 0 Å². The molecule has 2 aliphatic heterocycles. The molecule has 2 aromatic carbocycles. The second kappa shape index (κ2) is 15.9. The lowest BCUT2D eigenvalue weighted by atomic mass is 9.91. The third-order valence-electron chi connectivity index (χ3n) is 9.99. The lowest BCUT2D eigenvalue weighted by Crippen LogP contribution is -2.47. The largest absolute Gasteiger partial charge is 0.453 e. The van der Waals surface area contributed by atoms with Crippen LogP contribution in [0, 0.1) is 0 Å². The van der Waals surface area contributed by atoms with Gasteiger partial charge >= 0.3 is 12.1 Å². The van der Waals surface area contributed by atoms with E-state index in [2.05, 4.69) is 50.8 Å². The van der Waals surface area contributed by atoms with Crippen molar-refractivity contribution in [3.63, 3.8) is 0 Å². The molecule has 0 unspecified atom stereocenters. The van der Waals surface area contributed by atoms with Crippen LogP contribution in [-0.4, -0.2) is 112 Å². The molecule has 51 heavy (non-hydrogen) atoms. The SMILES string of the molecule is C.COC(=O)N[C@@H]1C[C@H](n2cnc3c(NCC(c4ccccc4)c4ccccc4)nc(N4CC[C@@H](NC(=O)N[C@H]5CCNC5)C4)nc32)[C@H](O)[C@@H]1O. The van der Waals surface area contributed by atoms with Crippen molar-refractivity contribution in [2.75, 3.05) is 50.1 Å². The molecule has 2 saturated heterocycles. The van der Waals surface area contributed by atoms with E-state index < -0.39 is 30.4 Å². The number of methoxy groups -OCH3 is 1. The number of anilines is 2.